The van der Waals surface area contributed by atoms with Gasteiger partial charge in [-0.3, -0.25) is 4.79 Å². The molecule has 0 fully saturated rings. The quantitative estimate of drug-likeness (QED) is 0.777. The van der Waals surface area contributed by atoms with Crippen molar-refractivity contribution >= 4 is 5.91 Å². The van der Waals surface area contributed by atoms with Crippen molar-refractivity contribution in [2.45, 2.75) is 25.2 Å². The van der Waals surface area contributed by atoms with Gasteiger partial charge >= 0.3 is 6.18 Å². The molecule has 1 amide bonds. The van der Waals surface area contributed by atoms with E-state index in [4.69, 9.17) is 5.11 Å². The van der Waals surface area contributed by atoms with Gasteiger partial charge in [0.05, 0.1) is 6.54 Å². The van der Waals surface area contributed by atoms with Crippen LogP contribution in [0.4, 0.5) is 13.2 Å². The molecule has 7 heteroatoms. The number of amides is 1. The third-order valence-electron chi connectivity index (χ3n) is 3.22. The summed E-state index contributed by atoms with van der Waals surface area (Å²) in [5, 5.41) is 14.2. The standard InChI is InChI=1S/C13H15F3N2O2/c14-13(15,16)11(19)7-18-12(20)10-3-1-2-8-6-17-5-4-9(8)10/h1-3,11,17,19H,4-7H2,(H,18,20). The Labute approximate surface area is 114 Å². The number of aliphatic hydroxyl groups excluding tert-OH is 1. The predicted octanol–water partition coefficient (Wildman–Crippen LogP) is 0.985. The Morgan fingerprint density at radius 3 is 2.90 bits per heavy atom. The van der Waals surface area contributed by atoms with Crippen LogP contribution >= 0.6 is 0 Å². The zero-order chi connectivity index (χ0) is 14.8. The highest BCUT2D eigenvalue weighted by Gasteiger charge is 2.38. The largest absolute Gasteiger partial charge is 0.416 e. The SMILES string of the molecule is O=C(NCC(O)C(F)(F)F)c1cccc2c1CCNC2. The molecule has 1 heterocycles. The number of halogens is 3. The Balaban J connectivity index is 2.07. The fraction of sp³-hybridized carbons (Fsp3) is 0.462. The van der Waals surface area contributed by atoms with Gasteiger partial charge in [0.15, 0.2) is 6.10 Å². The molecule has 0 bridgehead atoms. The molecular formula is C13H15F3N2O2. The van der Waals surface area contributed by atoms with Crippen LogP contribution in [-0.2, 0) is 13.0 Å². The average Bonchev–Trinajstić information content (AvgIpc) is 2.42. The number of aliphatic hydroxyl groups is 1. The second-order valence-electron chi connectivity index (χ2n) is 4.64. The predicted molar refractivity (Wildman–Crippen MR) is 66.2 cm³/mol. The Hall–Kier alpha value is -1.60. The van der Waals surface area contributed by atoms with Crippen molar-refractivity contribution in [2.24, 2.45) is 0 Å². The lowest BCUT2D eigenvalue weighted by Crippen LogP contribution is -2.41. The fourth-order valence-corrected chi connectivity index (χ4v) is 2.14. The lowest BCUT2D eigenvalue weighted by Gasteiger charge is -2.20. The van der Waals surface area contributed by atoms with Gasteiger partial charge in [0, 0.05) is 12.1 Å². The molecule has 0 radical (unpaired) electrons. The topological polar surface area (TPSA) is 61.4 Å². The van der Waals surface area contributed by atoms with Crippen LogP contribution in [0.25, 0.3) is 0 Å². The highest BCUT2D eigenvalue weighted by molar-refractivity contribution is 5.96. The first-order chi connectivity index (χ1) is 9.39. The van der Waals surface area contributed by atoms with Crippen molar-refractivity contribution in [1.82, 2.24) is 10.6 Å². The molecule has 0 aliphatic carbocycles. The summed E-state index contributed by atoms with van der Waals surface area (Å²) < 4.78 is 36.5. The lowest BCUT2D eigenvalue weighted by molar-refractivity contribution is -0.201. The molecule has 1 atom stereocenters. The van der Waals surface area contributed by atoms with E-state index in [-0.39, 0.29) is 0 Å². The van der Waals surface area contributed by atoms with Crippen molar-refractivity contribution in [1.29, 1.82) is 0 Å². The fourth-order valence-electron chi connectivity index (χ4n) is 2.14. The first-order valence-corrected chi connectivity index (χ1v) is 6.24. The second-order valence-corrected chi connectivity index (χ2v) is 4.64. The maximum Gasteiger partial charge on any atom is 0.416 e. The summed E-state index contributed by atoms with van der Waals surface area (Å²) in [6.45, 7) is 0.522. The maximum absolute atomic E-state index is 12.2. The maximum atomic E-state index is 12.2. The van der Waals surface area contributed by atoms with Crippen molar-refractivity contribution in [2.75, 3.05) is 13.1 Å². The normalized spacial score (nSPS) is 16.4. The summed E-state index contributed by atoms with van der Waals surface area (Å²) in [4.78, 5) is 11.9. The van der Waals surface area contributed by atoms with E-state index in [0.29, 0.717) is 18.5 Å². The molecule has 1 unspecified atom stereocenters. The molecule has 1 aromatic carbocycles. The summed E-state index contributed by atoms with van der Waals surface area (Å²) in [6.07, 6.45) is -6.62. The van der Waals surface area contributed by atoms with Crippen LogP contribution in [0.3, 0.4) is 0 Å². The van der Waals surface area contributed by atoms with Crippen LogP contribution in [0.15, 0.2) is 18.2 Å². The van der Waals surface area contributed by atoms with E-state index in [1.807, 2.05) is 6.07 Å². The van der Waals surface area contributed by atoms with Crippen molar-refractivity contribution in [3.63, 3.8) is 0 Å². The first kappa shape index (κ1) is 14.8. The Morgan fingerprint density at radius 1 is 1.45 bits per heavy atom. The lowest BCUT2D eigenvalue weighted by atomic mass is 9.95. The van der Waals surface area contributed by atoms with Crippen molar-refractivity contribution in [3.8, 4) is 0 Å². The zero-order valence-electron chi connectivity index (χ0n) is 10.6. The molecule has 0 saturated carbocycles. The molecule has 4 nitrogen and oxygen atoms in total. The van der Waals surface area contributed by atoms with Gasteiger partial charge in [0.1, 0.15) is 0 Å². The molecule has 1 aromatic rings. The van der Waals surface area contributed by atoms with E-state index >= 15 is 0 Å². The Bertz CT molecular complexity index is 503. The van der Waals surface area contributed by atoms with Crippen LogP contribution in [0.1, 0.15) is 21.5 Å². The average molecular weight is 288 g/mol. The molecule has 110 valence electrons. The Morgan fingerprint density at radius 2 is 2.20 bits per heavy atom. The van der Waals surface area contributed by atoms with E-state index < -0.39 is 24.7 Å². The first-order valence-electron chi connectivity index (χ1n) is 6.24. The second kappa shape index (κ2) is 5.80. The summed E-state index contributed by atoms with van der Waals surface area (Å²) >= 11 is 0. The van der Waals surface area contributed by atoms with Gasteiger partial charge in [0.2, 0.25) is 0 Å². The third kappa shape index (κ3) is 3.29. The molecule has 0 aromatic heterocycles. The van der Waals surface area contributed by atoms with Crippen LogP contribution in [0.5, 0.6) is 0 Å². The highest BCUT2D eigenvalue weighted by atomic mass is 19.4. The number of carbonyl (C=O) groups is 1. The monoisotopic (exact) mass is 288 g/mol. The van der Waals surface area contributed by atoms with E-state index in [1.165, 1.54) is 0 Å². The van der Waals surface area contributed by atoms with Gasteiger partial charge in [-0.05, 0) is 30.2 Å². The van der Waals surface area contributed by atoms with E-state index in [0.717, 1.165) is 17.7 Å². The van der Waals surface area contributed by atoms with E-state index in [9.17, 15) is 18.0 Å². The van der Waals surface area contributed by atoms with Gasteiger partial charge in [-0.2, -0.15) is 13.2 Å². The number of rotatable bonds is 3. The molecule has 3 N–H and O–H groups in total. The summed E-state index contributed by atoms with van der Waals surface area (Å²) in [5.74, 6) is -0.591. The Kier molecular flexibility index (Phi) is 4.29. The van der Waals surface area contributed by atoms with Crippen LogP contribution < -0.4 is 10.6 Å². The minimum Gasteiger partial charge on any atom is -0.382 e. The number of nitrogens with one attached hydrogen (secondary N) is 2. The molecule has 20 heavy (non-hydrogen) atoms. The molecule has 0 saturated heterocycles. The van der Waals surface area contributed by atoms with Gasteiger partial charge < -0.3 is 15.7 Å². The molecule has 1 aliphatic heterocycles. The summed E-state index contributed by atoms with van der Waals surface area (Å²) in [6, 6.07) is 5.16. The molecule has 2 rings (SSSR count). The van der Waals surface area contributed by atoms with Gasteiger partial charge in [-0.25, -0.2) is 0 Å². The smallest absolute Gasteiger partial charge is 0.382 e. The van der Waals surface area contributed by atoms with Crippen molar-refractivity contribution in [3.05, 3.63) is 34.9 Å². The number of alkyl halides is 3. The zero-order valence-corrected chi connectivity index (χ0v) is 10.6. The summed E-state index contributed by atoms with van der Waals surface area (Å²) in [7, 11) is 0. The molecular weight excluding hydrogens is 273 g/mol. The highest BCUT2D eigenvalue weighted by Crippen LogP contribution is 2.20. The minimum absolute atomic E-state index is 0.373. The van der Waals surface area contributed by atoms with E-state index in [2.05, 4.69) is 10.6 Å². The number of carbonyl (C=O) groups excluding carboxylic acids is 1. The number of hydrogen-bond donors (Lipinski definition) is 3. The minimum atomic E-state index is -4.73. The van der Waals surface area contributed by atoms with E-state index in [1.54, 1.807) is 12.1 Å². The number of benzene rings is 1. The van der Waals surface area contributed by atoms with Gasteiger partial charge in [-0.1, -0.05) is 12.1 Å². The third-order valence-corrected chi connectivity index (χ3v) is 3.22. The molecule has 1 aliphatic rings. The van der Waals surface area contributed by atoms with Crippen LogP contribution in [-0.4, -0.2) is 36.4 Å². The molecule has 0 spiro atoms. The van der Waals surface area contributed by atoms with Crippen LogP contribution in [0, 0.1) is 0 Å². The van der Waals surface area contributed by atoms with Gasteiger partial charge in [0.25, 0.3) is 5.91 Å². The summed E-state index contributed by atoms with van der Waals surface area (Å²) in [5.41, 5.74) is 2.20. The van der Waals surface area contributed by atoms with Crippen LogP contribution in [0.2, 0.25) is 0 Å². The van der Waals surface area contributed by atoms with Gasteiger partial charge in [-0.15, -0.1) is 0 Å². The number of hydrogen-bond acceptors (Lipinski definition) is 3. The van der Waals surface area contributed by atoms with Crippen molar-refractivity contribution < 1.29 is 23.1 Å². The number of fused-ring (bicyclic) bond motifs is 1.